The Morgan fingerprint density at radius 1 is 1.09 bits per heavy atom. The van der Waals surface area contributed by atoms with E-state index in [1.54, 1.807) is 0 Å². The normalized spacial score (nSPS) is 30.9. The largest absolute Gasteiger partial charge is 0.352 e. The zero-order valence-corrected chi connectivity index (χ0v) is 14.7. The molecule has 1 saturated heterocycles. The van der Waals surface area contributed by atoms with E-state index >= 15 is 0 Å². The van der Waals surface area contributed by atoms with Crippen LogP contribution in [0.25, 0.3) is 0 Å². The second-order valence-corrected chi connectivity index (χ2v) is 7.95. The van der Waals surface area contributed by atoms with Crippen LogP contribution in [0.4, 0.5) is 0 Å². The zero-order chi connectivity index (χ0) is 16.4. The van der Waals surface area contributed by atoms with E-state index in [1.165, 1.54) is 30.6 Å². The molecule has 1 aromatic carbocycles. The van der Waals surface area contributed by atoms with E-state index in [0.717, 1.165) is 24.8 Å². The Bertz CT molecular complexity index is 546. The maximum Gasteiger partial charge on any atom is 0.223 e. The Kier molecular flexibility index (Phi) is 5.05. The molecule has 1 aliphatic carbocycles. The molecular formula is C20H30N2O. The number of piperidine rings is 1. The van der Waals surface area contributed by atoms with Crippen molar-refractivity contribution < 1.29 is 4.79 Å². The second kappa shape index (κ2) is 7.04. The molecule has 0 radical (unpaired) electrons. The fourth-order valence-electron chi connectivity index (χ4n) is 4.05. The molecule has 2 aliphatic rings. The van der Waals surface area contributed by atoms with Crippen LogP contribution < -0.4 is 5.32 Å². The van der Waals surface area contributed by atoms with Crippen LogP contribution in [0.1, 0.15) is 44.7 Å². The van der Waals surface area contributed by atoms with Crippen molar-refractivity contribution in [3.8, 4) is 0 Å². The molecular weight excluding hydrogens is 284 g/mol. The quantitative estimate of drug-likeness (QED) is 0.903. The molecule has 1 N–H and O–H groups in total. The maximum absolute atomic E-state index is 12.1. The molecule has 3 nitrogen and oxygen atoms in total. The van der Waals surface area contributed by atoms with Gasteiger partial charge < -0.3 is 5.32 Å². The second-order valence-electron chi connectivity index (χ2n) is 7.95. The Labute approximate surface area is 140 Å². The molecule has 23 heavy (non-hydrogen) atoms. The average molecular weight is 314 g/mol. The molecule has 0 unspecified atom stereocenters. The molecule has 0 aromatic heterocycles. The molecule has 3 heteroatoms. The number of amides is 1. The smallest absolute Gasteiger partial charge is 0.223 e. The molecule has 0 spiro atoms. The highest BCUT2D eigenvalue weighted by atomic mass is 16.2. The number of likely N-dealkylation sites (tertiary alicyclic amines) is 1. The predicted molar refractivity (Wildman–Crippen MR) is 93.8 cm³/mol. The van der Waals surface area contributed by atoms with Crippen LogP contribution >= 0.6 is 0 Å². The predicted octanol–water partition coefficient (Wildman–Crippen LogP) is 3.44. The number of nitrogens with zero attached hydrogens (tertiary/aromatic N) is 1. The molecule has 2 fully saturated rings. The van der Waals surface area contributed by atoms with Crippen molar-refractivity contribution >= 4 is 5.91 Å². The Morgan fingerprint density at radius 3 is 2.30 bits per heavy atom. The third kappa shape index (κ3) is 4.35. The van der Waals surface area contributed by atoms with E-state index < -0.39 is 0 Å². The molecule has 1 aromatic rings. The first-order valence-corrected chi connectivity index (χ1v) is 9.09. The van der Waals surface area contributed by atoms with Gasteiger partial charge in [0.1, 0.15) is 0 Å². The van der Waals surface area contributed by atoms with Gasteiger partial charge in [-0.2, -0.15) is 0 Å². The summed E-state index contributed by atoms with van der Waals surface area (Å²) in [6, 6.07) is 8.56. The highest BCUT2D eigenvalue weighted by Gasteiger charge is 2.38. The lowest BCUT2D eigenvalue weighted by atomic mass is 9.91. The van der Waals surface area contributed by atoms with Crippen LogP contribution in [0.15, 0.2) is 24.3 Å². The minimum Gasteiger partial charge on any atom is -0.352 e. The van der Waals surface area contributed by atoms with Crippen LogP contribution in [-0.4, -0.2) is 23.9 Å². The lowest BCUT2D eigenvalue weighted by Crippen LogP contribution is -2.38. The average Bonchev–Trinajstić information content (AvgIpc) is 3.22. The standard InChI is InChI=1S/C20H30N2O/c1-14-8-15(2)12-22(11-14)13-18-7-5-4-6-17(18)10-21-20(23)19-9-16(19)3/h4-7,14-16,19H,8-13H2,1-3H3,(H,21,23)/t14-,15+,16-,19-/m1/s1. The number of carbonyl (C=O) groups is 1. The van der Waals surface area contributed by atoms with Crippen molar-refractivity contribution in [1.29, 1.82) is 0 Å². The minimum absolute atomic E-state index is 0.229. The summed E-state index contributed by atoms with van der Waals surface area (Å²) in [7, 11) is 0. The molecule has 1 aliphatic heterocycles. The van der Waals surface area contributed by atoms with E-state index in [0.29, 0.717) is 12.5 Å². The van der Waals surface area contributed by atoms with Crippen molar-refractivity contribution in [3.05, 3.63) is 35.4 Å². The number of rotatable bonds is 5. The first kappa shape index (κ1) is 16.5. The summed E-state index contributed by atoms with van der Waals surface area (Å²) in [4.78, 5) is 14.6. The zero-order valence-electron chi connectivity index (χ0n) is 14.7. The third-order valence-corrected chi connectivity index (χ3v) is 5.36. The maximum atomic E-state index is 12.1. The van der Waals surface area contributed by atoms with Crippen LogP contribution in [0.2, 0.25) is 0 Å². The van der Waals surface area contributed by atoms with Crippen molar-refractivity contribution in [2.45, 2.75) is 46.7 Å². The van der Waals surface area contributed by atoms with Crippen LogP contribution in [0.5, 0.6) is 0 Å². The molecule has 3 rings (SSSR count). The fourth-order valence-corrected chi connectivity index (χ4v) is 4.05. The summed E-state index contributed by atoms with van der Waals surface area (Å²) in [5, 5.41) is 3.13. The Balaban J connectivity index is 1.60. The topological polar surface area (TPSA) is 32.3 Å². The number of hydrogen-bond acceptors (Lipinski definition) is 2. The van der Waals surface area contributed by atoms with Crippen LogP contribution in [0, 0.1) is 23.7 Å². The lowest BCUT2D eigenvalue weighted by Gasteiger charge is -2.35. The summed E-state index contributed by atoms with van der Waals surface area (Å²) in [5.41, 5.74) is 2.62. The monoisotopic (exact) mass is 314 g/mol. The summed E-state index contributed by atoms with van der Waals surface area (Å²) < 4.78 is 0. The van der Waals surface area contributed by atoms with Gasteiger partial charge in [0, 0.05) is 32.1 Å². The van der Waals surface area contributed by atoms with Crippen LogP contribution in [-0.2, 0) is 17.9 Å². The lowest BCUT2D eigenvalue weighted by molar-refractivity contribution is -0.122. The van der Waals surface area contributed by atoms with E-state index in [4.69, 9.17) is 0 Å². The van der Waals surface area contributed by atoms with E-state index in [1.807, 2.05) is 0 Å². The molecule has 4 atom stereocenters. The SMILES string of the molecule is C[C@@H]1C[C@H](C)CN(Cc2ccccc2CNC(=O)[C@@H]2C[C@H]2C)C1. The number of nitrogens with one attached hydrogen (secondary N) is 1. The summed E-state index contributed by atoms with van der Waals surface area (Å²) in [6.07, 6.45) is 2.39. The van der Waals surface area contributed by atoms with Gasteiger partial charge in [-0.25, -0.2) is 0 Å². The van der Waals surface area contributed by atoms with Crippen molar-refractivity contribution in [2.24, 2.45) is 23.7 Å². The summed E-state index contributed by atoms with van der Waals surface area (Å²) >= 11 is 0. The van der Waals surface area contributed by atoms with E-state index in [9.17, 15) is 4.79 Å². The Morgan fingerprint density at radius 2 is 1.70 bits per heavy atom. The summed E-state index contributed by atoms with van der Waals surface area (Å²) in [6.45, 7) is 10.9. The number of carbonyl (C=O) groups excluding carboxylic acids is 1. The van der Waals surface area contributed by atoms with Gasteiger partial charge >= 0.3 is 0 Å². The van der Waals surface area contributed by atoms with Crippen molar-refractivity contribution in [3.63, 3.8) is 0 Å². The molecule has 1 amide bonds. The molecule has 1 saturated carbocycles. The minimum atomic E-state index is 0.229. The van der Waals surface area contributed by atoms with Gasteiger partial charge in [0.25, 0.3) is 0 Å². The van der Waals surface area contributed by atoms with Crippen molar-refractivity contribution in [1.82, 2.24) is 10.2 Å². The van der Waals surface area contributed by atoms with Gasteiger partial charge in [-0.15, -0.1) is 0 Å². The van der Waals surface area contributed by atoms with Gasteiger partial charge in [0.05, 0.1) is 0 Å². The first-order chi connectivity index (χ1) is 11.0. The van der Waals surface area contributed by atoms with Gasteiger partial charge in [-0.3, -0.25) is 9.69 Å². The van der Waals surface area contributed by atoms with E-state index in [-0.39, 0.29) is 11.8 Å². The molecule has 1 heterocycles. The first-order valence-electron chi connectivity index (χ1n) is 9.09. The fraction of sp³-hybridized carbons (Fsp3) is 0.650. The molecule has 0 bridgehead atoms. The van der Waals surface area contributed by atoms with Crippen LogP contribution in [0.3, 0.4) is 0 Å². The Hall–Kier alpha value is -1.35. The highest BCUT2D eigenvalue weighted by molar-refractivity contribution is 5.81. The molecule has 126 valence electrons. The van der Waals surface area contributed by atoms with Gasteiger partial charge in [-0.05, 0) is 41.7 Å². The van der Waals surface area contributed by atoms with Gasteiger partial charge in [-0.1, -0.05) is 45.0 Å². The van der Waals surface area contributed by atoms with Gasteiger partial charge in [0.15, 0.2) is 0 Å². The number of hydrogen-bond donors (Lipinski definition) is 1. The van der Waals surface area contributed by atoms with Crippen molar-refractivity contribution in [2.75, 3.05) is 13.1 Å². The third-order valence-electron chi connectivity index (χ3n) is 5.36. The summed E-state index contributed by atoms with van der Waals surface area (Å²) in [5.74, 6) is 2.61. The van der Waals surface area contributed by atoms with E-state index in [2.05, 4.69) is 55.3 Å². The highest BCUT2D eigenvalue weighted by Crippen LogP contribution is 2.37. The van der Waals surface area contributed by atoms with Gasteiger partial charge in [0.2, 0.25) is 5.91 Å². The number of benzene rings is 1.